The maximum atomic E-state index is 9.91. The summed E-state index contributed by atoms with van der Waals surface area (Å²) in [5.41, 5.74) is 15.2. The van der Waals surface area contributed by atoms with Gasteiger partial charge in [0.1, 0.15) is 0 Å². The Bertz CT molecular complexity index is 879. The molecule has 0 fully saturated rings. The molecule has 0 aliphatic rings. The molecule has 0 aliphatic carbocycles. The molecule has 0 atom stereocenters. The minimum absolute atomic E-state index is 0.0971. The molecule has 0 unspecified atom stereocenters. The van der Waals surface area contributed by atoms with Crippen molar-refractivity contribution in [1.82, 2.24) is 19.9 Å². The van der Waals surface area contributed by atoms with Crippen LogP contribution >= 0.6 is 0 Å². The summed E-state index contributed by atoms with van der Waals surface area (Å²) in [4.78, 5) is 16.5. The summed E-state index contributed by atoms with van der Waals surface area (Å²) < 4.78 is 29.7. The Labute approximate surface area is 146 Å². The minimum atomic E-state index is -5.00. The highest BCUT2D eigenvalue weighted by atomic mass is 19.4. The number of rotatable bonds is 3. The molecule has 0 saturated heterocycles. The average molecular weight is 367 g/mol. The molecule has 3 rings (SSSR count). The molecule has 0 amide bonds. The maximum Gasteiger partial charge on any atom is 0.519 e. The number of aryl methyl sites for hydroxylation is 1. The number of anilines is 3. The highest BCUT2D eigenvalue weighted by molar-refractivity contribution is 5.81. The minimum Gasteiger partial charge on any atom is -0.382 e. The van der Waals surface area contributed by atoms with Gasteiger partial charge in [0, 0.05) is 5.69 Å². The summed E-state index contributed by atoms with van der Waals surface area (Å²) >= 11 is 0. The monoisotopic (exact) mass is 367 g/mol. The first-order valence-electron chi connectivity index (χ1n) is 7.26. The van der Waals surface area contributed by atoms with Gasteiger partial charge in [0.25, 0.3) is 0 Å². The summed E-state index contributed by atoms with van der Waals surface area (Å²) in [5.74, 6) is 0.335. The number of aliphatic hydroxyl groups is 1. The molecule has 6 N–H and O–H groups in total. The van der Waals surface area contributed by atoms with E-state index in [2.05, 4.69) is 25.3 Å². The van der Waals surface area contributed by atoms with Crippen molar-refractivity contribution in [2.75, 3.05) is 16.8 Å². The van der Waals surface area contributed by atoms with Gasteiger partial charge in [0.15, 0.2) is 17.0 Å². The Morgan fingerprint density at radius 3 is 2.31 bits per heavy atom. The largest absolute Gasteiger partial charge is 0.519 e. The molecule has 3 aromatic rings. The SMILES string of the molecule is Cc1ccc(NCc2cnc3nc(N)nc(N)c3n2)cc1.OC(F)(F)F. The van der Waals surface area contributed by atoms with Gasteiger partial charge in [-0.1, -0.05) is 17.7 Å². The lowest BCUT2D eigenvalue weighted by Crippen LogP contribution is -2.06. The van der Waals surface area contributed by atoms with Gasteiger partial charge in [0.2, 0.25) is 5.95 Å². The fourth-order valence-electron chi connectivity index (χ4n) is 1.93. The van der Waals surface area contributed by atoms with Gasteiger partial charge in [-0.2, -0.15) is 9.97 Å². The van der Waals surface area contributed by atoms with Crippen LogP contribution in [0.2, 0.25) is 0 Å². The normalized spacial score (nSPS) is 11.0. The van der Waals surface area contributed by atoms with Gasteiger partial charge in [-0.05, 0) is 19.1 Å². The lowest BCUT2D eigenvalue weighted by atomic mass is 10.2. The van der Waals surface area contributed by atoms with Crippen LogP contribution in [0.3, 0.4) is 0 Å². The van der Waals surface area contributed by atoms with Crippen LogP contribution in [0.5, 0.6) is 0 Å². The Balaban J connectivity index is 0.000000431. The van der Waals surface area contributed by atoms with E-state index < -0.39 is 6.36 Å². The van der Waals surface area contributed by atoms with Crippen molar-refractivity contribution in [3.63, 3.8) is 0 Å². The van der Waals surface area contributed by atoms with E-state index in [0.29, 0.717) is 17.7 Å². The number of benzene rings is 1. The quantitative estimate of drug-likeness (QED) is 0.552. The van der Waals surface area contributed by atoms with E-state index in [1.807, 2.05) is 31.2 Å². The molecule has 0 aliphatic heterocycles. The molecule has 0 saturated carbocycles. The van der Waals surface area contributed by atoms with E-state index in [9.17, 15) is 13.2 Å². The molecule has 2 aromatic heterocycles. The second kappa shape index (κ2) is 7.78. The van der Waals surface area contributed by atoms with Crippen molar-refractivity contribution in [2.45, 2.75) is 19.8 Å². The van der Waals surface area contributed by atoms with Crippen LogP contribution in [0, 0.1) is 6.92 Å². The van der Waals surface area contributed by atoms with Crippen LogP contribution in [0.25, 0.3) is 11.2 Å². The molecular weight excluding hydrogens is 351 g/mol. The first-order valence-corrected chi connectivity index (χ1v) is 7.26. The van der Waals surface area contributed by atoms with E-state index >= 15 is 0 Å². The van der Waals surface area contributed by atoms with Gasteiger partial charge in [0.05, 0.1) is 18.4 Å². The molecule has 0 radical (unpaired) electrons. The molecule has 26 heavy (non-hydrogen) atoms. The summed E-state index contributed by atoms with van der Waals surface area (Å²) in [7, 11) is 0. The number of nitrogens with two attached hydrogens (primary N) is 2. The number of hydrogen-bond donors (Lipinski definition) is 4. The van der Waals surface area contributed by atoms with Crippen molar-refractivity contribution < 1.29 is 18.3 Å². The Kier molecular flexibility index (Phi) is 5.72. The third-order valence-electron chi connectivity index (χ3n) is 3.03. The van der Waals surface area contributed by atoms with Gasteiger partial charge >= 0.3 is 6.36 Å². The summed E-state index contributed by atoms with van der Waals surface area (Å²) in [6.07, 6.45) is -3.35. The fraction of sp³-hybridized carbons (Fsp3) is 0.200. The number of nitrogens with one attached hydrogen (secondary N) is 1. The Hall–Kier alpha value is -3.21. The zero-order valence-corrected chi connectivity index (χ0v) is 13.6. The molecule has 8 nitrogen and oxygen atoms in total. The third kappa shape index (κ3) is 6.02. The first kappa shape index (κ1) is 19.1. The van der Waals surface area contributed by atoms with E-state index in [0.717, 1.165) is 11.4 Å². The van der Waals surface area contributed by atoms with Crippen LogP contribution < -0.4 is 16.8 Å². The van der Waals surface area contributed by atoms with Crippen LogP contribution in [0.15, 0.2) is 30.5 Å². The highest BCUT2D eigenvalue weighted by Crippen LogP contribution is 2.15. The topological polar surface area (TPSA) is 136 Å². The summed E-state index contributed by atoms with van der Waals surface area (Å²) in [5, 5.41) is 9.80. The maximum absolute atomic E-state index is 9.91. The first-order chi connectivity index (χ1) is 12.1. The highest BCUT2D eigenvalue weighted by Gasteiger charge is 2.20. The van der Waals surface area contributed by atoms with Crippen molar-refractivity contribution >= 4 is 28.6 Å². The molecule has 0 spiro atoms. The lowest BCUT2D eigenvalue weighted by molar-refractivity contribution is -0.295. The summed E-state index contributed by atoms with van der Waals surface area (Å²) in [6, 6.07) is 8.12. The van der Waals surface area contributed by atoms with Crippen LogP contribution in [0.1, 0.15) is 11.3 Å². The van der Waals surface area contributed by atoms with Gasteiger partial charge in [-0.15, -0.1) is 13.2 Å². The molecular formula is C15H16F3N7O. The zero-order valence-electron chi connectivity index (χ0n) is 13.6. The third-order valence-corrected chi connectivity index (χ3v) is 3.03. The number of nitrogens with zero attached hydrogens (tertiary/aromatic N) is 4. The molecule has 1 aromatic carbocycles. The summed E-state index contributed by atoms with van der Waals surface area (Å²) in [6.45, 7) is 2.59. The Morgan fingerprint density at radius 2 is 1.69 bits per heavy atom. The number of hydrogen-bond acceptors (Lipinski definition) is 8. The van der Waals surface area contributed by atoms with Crippen molar-refractivity contribution in [3.8, 4) is 0 Å². The molecule has 11 heteroatoms. The molecule has 2 heterocycles. The van der Waals surface area contributed by atoms with Crippen LogP contribution in [-0.4, -0.2) is 31.4 Å². The van der Waals surface area contributed by atoms with Crippen LogP contribution in [0.4, 0.5) is 30.6 Å². The molecule has 138 valence electrons. The van der Waals surface area contributed by atoms with Crippen molar-refractivity contribution in [3.05, 3.63) is 41.7 Å². The fourth-order valence-corrected chi connectivity index (χ4v) is 1.93. The number of aromatic nitrogens is 4. The number of alkyl halides is 3. The molecule has 0 bridgehead atoms. The predicted molar refractivity (Wildman–Crippen MR) is 90.7 cm³/mol. The van der Waals surface area contributed by atoms with Crippen LogP contribution in [-0.2, 0) is 6.54 Å². The van der Waals surface area contributed by atoms with E-state index in [-0.39, 0.29) is 11.8 Å². The van der Waals surface area contributed by atoms with Crippen molar-refractivity contribution in [2.24, 2.45) is 0 Å². The lowest BCUT2D eigenvalue weighted by Gasteiger charge is -2.07. The second-order valence-electron chi connectivity index (χ2n) is 5.19. The van der Waals surface area contributed by atoms with E-state index in [1.54, 1.807) is 6.20 Å². The van der Waals surface area contributed by atoms with Gasteiger partial charge < -0.3 is 21.9 Å². The van der Waals surface area contributed by atoms with E-state index in [1.165, 1.54) is 5.56 Å². The second-order valence-corrected chi connectivity index (χ2v) is 5.19. The predicted octanol–water partition coefficient (Wildman–Crippen LogP) is 2.00. The number of fused-ring (bicyclic) bond motifs is 1. The zero-order chi connectivity index (χ0) is 19.3. The van der Waals surface area contributed by atoms with Gasteiger partial charge in [-0.25, -0.2) is 9.97 Å². The van der Waals surface area contributed by atoms with Crippen molar-refractivity contribution in [1.29, 1.82) is 0 Å². The number of halogens is 3. The smallest absolute Gasteiger partial charge is 0.382 e. The van der Waals surface area contributed by atoms with Gasteiger partial charge in [-0.3, -0.25) is 0 Å². The Morgan fingerprint density at radius 1 is 1.08 bits per heavy atom. The number of nitrogen functional groups attached to an aromatic ring is 2. The van der Waals surface area contributed by atoms with E-state index in [4.69, 9.17) is 16.6 Å². The standard InChI is InChI=1S/C14H15N7.CHF3O/c1-8-2-4-9(5-3-8)17-6-10-7-18-13-11(19-10)12(15)20-14(16)21-13;2-1(3,4)5/h2-5,7,17H,6H2,1H3,(H4,15,16,18,20,21);5H. The average Bonchev–Trinajstić information content (AvgIpc) is 2.53.